The molecule has 1 aromatic heterocycles. The number of ether oxygens (including phenoxy) is 1. The van der Waals surface area contributed by atoms with Gasteiger partial charge < -0.3 is 15.0 Å². The van der Waals surface area contributed by atoms with Gasteiger partial charge in [0.1, 0.15) is 6.04 Å². The molecule has 2 rings (SSSR count). The Morgan fingerprint density at radius 2 is 2.24 bits per heavy atom. The van der Waals surface area contributed by atoms with Crippen LogP contribution in [0.2, 0.25) is 0 Å². The lowest BCUT2D eigenvalue weighted by molar-refractivity contribution is -0.142. The lowest BCUT2D eigenvalue weighted by Gasteiger charge is -2.12. The Balaban J connectivity index is 2.25. The zero-order valence-electron chi connectivity index (χ0n) is 9.99. The third-order valence-corrected chi connectivity index (χ3v) is 2.93. The average Bonchev–Trinajstić information content (AvgIpc) is 2.78. The third kappa shape index (κ3) is 2.31. The zero-order chi connectivity index (χ0) is 12.3. The summed E-state index contributed by atoms with van der Waals surface area (Å²) in [4.78, 5) is 14.7. The molecule has 2 aromatic rings. The Kier molecular flexibility index (Phi) is 3.44. The number of para-hydroxylation sites is 1. The summed E-state index contributed by atoms with van der Waals surface area (Å²) in [6.07, 6.45) is 2.56. The van der Waals surface area contributed by atoms with E-state index in [9.17, 15) is 4.79 Å². The maximum atomic E-state index is 11.5. The van der Waals surface area contributed by atoms with Gasteiger partial charge in [-0.3, -0.25) is 4.79 Å². The summed E-state index contributed by atoms with van der Waals surface area (Å²) in [5.74, 6) is -0.238. The number of methoxy groups -OCH3 is 1. The fraction of sp³-hybridized carbons (Fsp3) is 0.308. The van der Waals surface area contributed by atoms with Crippen LogP contribution in [0.15, 0.2) is 30.5 Å². The molecule has 0 aliphatic heterocycles. The summed E-state index contributed by atoms with van der Waals surface area (Å²) in [5.41, 5.74) is 2.20. The van der Waals surface area contributed by atoms with E-state index in [1.807, 2.05) is 30.5 Å². The van der Waals surface area contributed by atoms with Crippen LogP contribution in [0.25, 0.3) is 10.9 Å². The molecule has 17 heavy (non-hydrogen) atoms. The van der Waals surface area contributed by atoms with E-state index in [1.54, 1.807) is 7.05 Å². The molecule has 4 nitrogen and oxygen atoms in total. The number of hydrogen-bond acceptors (Lipinski definition) is 3. The van der Waals surface area contributed by atoms with Gasteiger partial charge in [0.2, 0.25) is 0 Å². The first-order valence-corrected chi connectivity index (χ1v) is 5.56. The van der Waals surface area contributed by atoms with E-state index >= 15 is 0 Å². The van der Waals surface area contributed by atoms with Crippen LogP contribution in [0.4, 0.5) is 0 Å². The quantitative estimate of drug-likeness (QED) is 0.785. The molecule has 2 N–H and O–H groups in total. The second-order valence-corrected chi connectivity index (χ2v) is 3.93. The fourth-order valence-electron chi connectivity index (χ4n) is 1.97. The molecule has 0 bridgehead atoms. The molecule has 0 unspecified atom stereocenters. The van der Waals surface area contributed by atoms with Crippen molar-refractivity contribution in [2.75, 3.05) is 14.2 Å². The van der Waals surface area contributed by atoms with Gasteiger partial charge in [0.05, 0.1) is 7.11 Å². The van der Waals surface area contributed by atoms with E-state index in [-0.39, 0.29) is 12.0 Å². The standard InChI is InChI=1S/C13H16N2O2/c1-14-12(13(16)17-2)7-9-8-15-11-6-4-3-5-10(9)11/h3-6,8,12,14-15H,7H2,1-2H3/t12-/m0/s1. The number of benzene rings is 1. The van der Waals surface area contributed by atoms with Crippen LogP contribution in [0.1, 0.15) is 5.56 Å². The number of nitrogens with one attached hydrogen (secondary N) is 2. The van der Waals surface area contributed by atoms with Crippen LogP contribution in [-0.2, 0) is 16.0 Å². The Bertz CT molecular complexity index is 519. The maximum absolute atomic E-state index is 11.5. The molecule has 0 saturated heterocycles. The van der Waals surface area contributed by atoms with Crippen LogP contribution >= 0.6 is 0 Å². The van der Waals surface area contributed by atoms with Crippen LogP contribution in [0, 0.1) is 0 Å². The van der Waals surface area contributed by atoms with E-state index in [0.717, 1.165) is 16.5 Å². The SMILES string of the molecule is CN[C@@H](Cc1c[nH]c2ccccc12)C(=O)OC. The first kappa shape index (κ1) is 11.7. The number of carbonyl (C=O) groups excluding carboxylic acids is 1. The smallest absolute Gasteiger partial charge is 0.323 e. The number of aromatic amines is 1. The predicted molar refractivity (Wildman–Crippen MR) is 66.9 cm³/mol. The van der Waals surface area contributed by atoms with Crippen molar-refractivity contribution in [3.63, 3.8) is 0 Å². The Hall–Kier alpha value is -1.81. The van der Waals surface area contributed by atoms with Crippen molar-refractivity contribution in [1.82, 2.24) is 10.3 Å². The van der Waals surface area contributed by atoms with E-state index in [4.69, 9.17) is 4.74 Å². The van der Waals surface area contributed by atoms with Gasteiger partial charge >= 0.3 is 5.97 Å². The molecular formula is C13H16N2O2. The summed E-state index contributed by atoms with van der Waals surface area (Å²) in [7, 11) is 3.17. The molecule has 4 heteroatoms. The third-order valence-electron chi connectivity index (χ3n) is 2.93. The molecule has 0 aliphatic rings. The second-order valence-electron chi connectivity index (χ2n) is 3.93. The minimum absolute atomic E-state index is 0.238. The maximum Gasteiger partial charge on any atom is 0.323 e. The fourth-order valence-corrected chi connectivity index (χ4v) is 1.97. The lowest BCUT2D eigenvalue weighted by Crippen LogP contribution is -2.36. The molecule has 0 fully saturated rings. The van der Waals surface area contributed by atoms with Crippen LogP contribution < -0.4 is 5.32 Å². The van der Waals surface area contributed by atoms with Crippen molar-refractivity contribution in [2.45, 2.75) is 12.5 Å². The molecular weight excluding hydrogens is 216 g/mol. The summed E-state index contributed by atoms with van der Waals surface area (Å²) in [6, 6.07) is 7.74. The van der Waals surface area contributed by atoms with Gasteiger partial charge in [0.25, 0.3) is 0 Å². The largest absolute Gasteiger partial charge is 0.468 e. The van der Waals surface area contributed by atoms with Gasteiger partial charge in [-0.2, -0.15) is 0 Å². The minimum Gasteiger partial charge on any atom is -0.468 e. The van der Waals surface area contributed by atoms with Crippen LogP contribution in [-0.4, -0.2) is 31.2 Å². The molecule has 0 saturated carbocycles. The Morgan fingerprint density at radius 1 is 1.47 bits per heavy atom. The molecule has 1 aromatic carbocycles. The van der Waals surface area contributed by atoms with Gasteiger partial charge in [-0.05, 0) is 18.7 Å². The summed E-state index contributed by atoms with van der Waals surface area (Å²) in [5, 5.41) is 4.12. The molecule has 90 valence electrons. The molecule has 1 atom stereocenters. The van der Waals surface area contributed by atoms with Crippen molar-refractivity contribution >= 4 is 16.9 Å². The van der Waals surface area contributed by atoms with Crippen molar-refractivity contribution in [3.05, 3.63) is 36.0 Å². The van der Waals surface area contributed by atoms with Gasteiger partial charge in [-0.25, -0.2) is 0 Å². The summed E-state index contributed by atoms with van der Waals surface area (Å²) >= 11 is 0. The number of H-pyrrole nitrogens is 1. The van der Waals surface area contributed by atoms with Crippen molar-refractivity contribution in [1.29, 1.82) is 0 Å². The molecule has 0 radical (unpaired) electrons. The summed E-state index contributed by atoms with van der Waals surface area (Å²) < 4.78 is 4.75. The van der Waals surface area contributed by atoms with Crippen molar-refractivity contribution < 1.29 is 9.53 Å². The van der Waals surface area contributed by atoms with Gasteiger partial charge in [0, 0.05) is 23.5 Å². The number of carbonyl (C=O) groups is 1. The Morgan fingerprint density at radius 3 is 2.94 bits per heavy atom. The predicted octanol–water partition coefficient (Wildman–Crippen LogP) is 1.47. The first-order valence-electron chi connectivity index (χ1n) is 5.56. The van der Waals surface area contributed by atoms with E-state index < -0.39 is 0 Å². The monoisotopic (exact) mass is 232 g/mol. The number of hydrogen-bond donors (Lipinski definition) is 2. The van der Waals surface area contributed by atoms with Crippen LogP contribution in [0.5, 0.6) is 0 Å². The first-order chi connectivity index (χ1) is 8.26. The van der Waals surface area contributed by atoms with Gasteiger partial charge in [-0.1, -0.05) is 18.2 Å². The van der Waals surface area contributed by atoms with Gasteiger partial charge in [-0.15, -0.1) is 0 Å². The second kappa shape index (κ2) is 5.01. The highest BCUT2D eigenvalue weighted by Crippen LogP contribution is 2.19. The normalized spacial score (nSPS) is 12.6. The molecule has 0 amide bonds. The van der Waals surface area contributed by atoms with E-state index in [1.165, 1.54) is 7.11 Å². The highest BCUT2D eigenvalue weighted by molar-refractivity contribution is 5.84. The minimum atomic E-state index is -0.306. The highest BCUT2D eigenvalue weighted by Gasteiger charge is 2.18. The van der Waals surface area contributed by atoms with Crippen molar-refractivity contribution in [3.8, 4) is 0 Å². The molecule has 0 aliphatic carbocycles. The lowest BCUT2D eigenvalue weighted by atomic mass is 10.1. The van der Waals surface area contributed by atoms with Gasteiger partial charge in [0.15, 0.2) is 0 Å². The molecule has 0 spiro atoms. The highest BCUT2D eigenvalue weighted by atomic mass is 16.5. The molecule has 1 heterocycles. The Labute approximate surface area is 100.0 Å². The summed E-state index contributed by atoms with van der Waals surface area (Å²) in [6.45, 7) is 0. The number of rotatable bonds is 4. The van der Waals surface area contributed by atoms with E-state index in [0.29, 0.717) is 6.42 Å². The number of aromatic nitrogens is 1. The average molecular weight is 232 g/mol. The topological polar surface area (TPSA) is 54.1 Å². The number of fused-ring (bicyclic) bond motifs is 1. The van der Waals surface area contributed by atoms with E-state index in [2.05, 4.69) is 10.3 Å². The number of likely N-dealkylation sites (N-methyl/N-ethyl adjacent to an activating group) is 1. The number of esters is 1. The van der Waals surface area contributed by atoms with Crippen molar-refractivity contribution in [2.24, 2.45) is 0 Å². The van der Waals surface area contributed by atoms with Crippen LogP contribution in [0.3, 0.4) is 0 Å². The zero-order valence-corrected chi connectivity index (χ0v) is 9.99.